The molecule has 1 amide bonds. The molecule has 3 heterocycles. The predicted octanol–water partition coefficient (Wildman–Crippen LogP) is 3.16. The molecule has 7 heteroatoms. The second kappa shape index (κ2) is 5.64. The van der Waals surface area contributed by atoms with E-state index in [-0.39, 0.29) is 5.91 Å². The number of nitrogens with zero attached hydrogens (tertiary/aromatic N) is 3. The summed E-state index contributed by atoms with van der Waals surface area (Å²) in [5.74, 6) is 0.823. The molecule has 5 nitrogen and oxygen atoms in total. The smallest absolute Gasteiger partial charge is 0.265 e. The van der Waals surface area contributed by atoms with Gasteiger partial charge >= 0.3 is 0 Å². The van der Waals surface area contributed by atoms with Crippen molar-refractivity contribution in [2.75, 3.05) is 11.1 Å². The minimum Gasteiger partial charge on any atom is -0.320 e. The Kier molecular flexibility index (Phi) is 3.70. The number of rotatable bonds is 4. The number of aromatic nitrogens is 3. The third kappa shape index (κ3) is 2.54. The van der Waals surface area contributed by atoms with Crippen LogP contribution in [0.15, 0.2) is 41.0 Å². The Morgan fingerprint density at radius 3 is 3.05 bits per heavy atom. The Morgan fingerprint density at radius 1 is 1.40 bits per heavy atom. The van der Waals surface area contributed by atoms with Gasteiger partial charge in [-0.15, -0.1) is 21.5 Å². The van der Waals surface area contributed by atoms with E-state index in [1.54, 1.807) is 17.8 Å². The Labute approximate surface area is 124 Å². The first-order chi connectivity index (χ1) is 9.78. The Hall–Kier alpha value is -1.86. The molecule has 0 fully saturated rings. The van der Waals surface area contributed by atoms with Gasteiger partial charge in [0, 0.05) is 6.20 Å². The van der Waals surface area contributed by atoms with E-state index in [1.807, 2.05) is 34.2 Å². The number of nitrogens with one attached hydrogen (secondary N) is 1. The molecule has 3 aromatic rings. The van der Waals surface area contributed by atoms with Crippen molar-refractivity contribution in [1.29, 1.82) is 0 Å². The van der Waals surface area contributed by atoms with Crippen LogP contribution in [-0.2, 0) is 0 Å². The van der Waals surface area contributed by atoms with Crippen LogP contribution in [0.2, 0.25) is 0 Å². The predicted molar refractivity (Wildman–Crippen MR) is 81.7 cm³/mol. The lowest BCUT2D eigenvalue weighted by Crippen LogP contribution is -2.10. The fourth-order valence-corrected chi connectivity index (χ4v) is 3.03. The van der Waals surface area contributed by atoms with Crippen LogP contribution < -0.4 is 5.32 Å². The number of thiophene rings is 1. The highest BCUT2D eigenvalue weighted by Crippen LogP contribution is 2.19. The van der Waals surface area contributed by atoms with Crippen LogP contribution >= 0.6 is 23.1 Å². The molecule has 0 saturated heterocycles. The maximum atomic E-state index is 12.0. The summed E-state index contributed by atoms with van der Waals surface area (Å²) in [4.78, 5) is 12.7. The Balaban J connectivity index is 1.88. The van der Waals surface area contributed by atoms with Crippen molar-refractivity contribution in [3.63, 3.8) is 0 Å². The standard InChI is InChI=1S/C13H12N4OS2/c1-2-19-13-16-15-11-6-5-9(8-17(11)13)14-12(18)10-4-3-7-20-10/h3-8H,2H2,1H3,(H,14,18). The van der Waals surface area contributed by atoms with Gasteiger partial charge in [0.15, 0.2) is 10.8 Å². The first kappa shape index (κ1) is 13.1. The molecule has 0 unspecified atom stereocenters. The highest BCUT2D eigenvalue weighted by atomic mass is 32.2. The largest absolute Gasteiger partial charge is 0.320 e. The second-order valence-corrected chi connectivity index (χ2v) is 6.17. The molecule has 20 heavy (non-hydrogen) atoms. The normalized spacial score (nSPS) is 10.8. The highest BCUT2D eigenvalue weighted by Gasteiger charge is 2.09. The van der Waals surface area contributed by atoms with Gasteiger partial charge in [-0.25, -0.2) is 0 Å². The molecule has 0 saturated carbocycles. The van der Waals surface area contributed by atoms with E-state index in [2.05, 4.69) is 22.4 Å². The van der Waals surface area contributed by atoms with Crippen LogP contribution in [-0.4, -0.2) is 26.3 Å². The minimum atomic E-state index is -0.0999. The van der Waals surface area contributed by atoms with Gasteiger partial charge in [-0.3, -0.25) is 9.20 Å². The van der Waals surface area contributed by atoms with E-state index in [0.717, 1.165) is 22.2 Å². The summed E-state index contributed by atoms with van der Waals surface area (Å²) in [7, 11) is 0. The highest BCUT2D eigenvalue weighted by molar-refractivity contribution is 7.99. The molecule has 0 aliphatic rings. The quantitative estimate of drug-likeness (QED) is 0.752. The van der Waals surface area contributed by atoms with Gasteiger partial charge < -0.3 is 5.32 Å². The van der Waals surface area contributed by atoms with Gasteiger partial charge in [-0.1, -0.05) is 24.8 Å². The Bertz CT molecular complexity index is 736. The van der Waals surface area contributed by atoms with Crippen LogP contribution in [0, 0.1) is 0 Å². The van der Waals surface area contributed by atoms with Crippen LogP contribution in [0.1, 0.15) is 16.6 Å². The van der Waals surface area contributed by atoms with Gasteiger partial charge in [0.1, 0.15) is 0 Å². The van der Waals surface area contributed by atoms with Crippen molar-refractivity contribution in [3.05, 3.63) is 40.7 Å². The lowest BCUT2D eigenvalue weighted by Gasteiger charge is -2.05. The SMILES string of the molecule is CCSc1nnc2ccc(NC(=O)c3cccs3)cn12. The van der Waals surface area contributed by atoms with E-state index in [4.69, 9.17) is 0 Å². The summed E-state index contributed by atoms with van der Waals surface area (Å²) >= 11 is 3.03. The van der Waals surface area contributed by atoms with Gasteiger partial charge in [0.05, 0.1) is 10.6 Å². The van der Waals surface area contributed by atoms with Crippen LogP contribution in [0.4, 0.5) is 5.69 Å². The number of carbonyl (C=O) groups is 1. The van der Waals surface area contributed by atoms with Crippen LogP contribution in [0.25, 0.3) is 5.65 Å². The molecule has 0 spiro atoms. The first-order valence-electron chi connectivity index (χ1n) is 6.10. The fraction of sp³-hybridized carbons (Fsp3) is 0.154. The van der Waals surface area contributed by atoms with E-state index in [0.29, 0.717) is 4.88 Å². The zero-order chi connectivity index (χ0) is 13.9. The van der Waals surface area contributed by atoms with Gasteiger partial charge in [-0.05, 0) is 29.3 Å². The maximum absolute atomic E-state index is 12.0. The van der Waals surface area contributed by atoms with Crippen LogP contribution in [0.3, 0.4) is 0 Å². The average molecular weight is 304 g/mol. The number of carbonyl (C=O) groups excluding carboxylic acids is 1. The minimum absolute atomic E-state index is 0.0999. The van der Waals surface area contributed by atoms with Crippen molar-refractivity contribution in [3.8, 4) is 0 Å². The zero-order valence-corrected chi connectivity index (χ0v) is 12.4. The molecule has 0 bridgehead atoms. The summed E-state index contributed by atoms with van der Waals surface area (Å²) in [5.41, 5.74) is 1.50. The molecule has 3 aromatic heterocycles. The van der Waals surface area contributed by atoms with E-state index in [9.17, 15) is 4.79 Å². The number of thioether (sulfide) groups is 1. The molecule has 3 rings (SSSR count). The summed E-state index contributed by atoms with van der Waals surface area (Å²) in [6, 6.07) is 7.33. The lowest BCUT2D eigenvalue weighted by atomic mass is 10.3. The fourth-order valence-electron chi connectivity index (χ4n) is 1.77. The van der Waals surface area contributed by atoms with Crippen molar-refractivity contribution in [2.24, 2.45) is 0 Å². The molecular weight excluding hydrogens is 292 g/mol. The number of fused-ring (bicyclic) bond motifs is 1. The van der Waals surface area contributed by atoms with Crippen LogP contribution in [0.5, 0.6) is 0 Å². The molecular formula is C13H12N4OS2. The number of hydrogen-bond acceptors (Lipinski definition) is 5. The third-order valence-electron chi connectivity index (χ3n) is 2.65. The first-order valence-corrected chi connectivity index (χ1v) is 7.97. The summed E-state index contributed by atoms with van der Waals surface area (Å²) in [5, 5.41) is 13.8. The van der Waals surface area contributed by atoms with Gasteiger partial charge in [0.25, 0.3) is 5.91 Å². The number of amides is 1. The number of pyridine rings is 1. The molecule has 0 aliphatic carbocycles. The lowest BCUT2D eigenvalue weighted by molar-refractivity contribution is 0.103. The van der Waals surface area contributed by atoms with Crippen molar-refractivity contribution >= 4 is 40.3 Å². The zero-order valence-electron chi connectivity index (χ0n) is 10.7. The molecule has 0 radical (unpaired) electrons. The van der Waals surface area contributed by atoms with E-state index < -0.39 is 0 Å². The summed E-state index contributed by atoms with van der Waals surface area (Å²) in [6.45, 7) is 2.06. The topological polar surface area (TPSA) is 59.3 Å². The maximum Gasteiger partial charge on any atom is 0.265 e. The van der Waals surface area contributed by atoms with Gasteiger partial charge in [-0.2, -0.15) is 0 Å². The summed E-state index contributed by atoms with van der Waals surface area (Å²) in [6.07, 6.45) is 1.85. The monoisotopic (exact) mass is 304 g/mol. The molecule has 0 aromatic carbocycles. The third-order valence-corrected chi connectivity index (χ3v) is 4.34. The van der Waals surface area contributed by atoms with Gasteiger partial charge in [0.2, 0.25) is 0 Å². The molecule has 102 valence electrons. The van der Waals surface area contributed by atoms with Crippen molar-refractivity contribution in [1.82, 2.24) is 14.6 Å². The second-order valence-electron chi connectivity index (χ2n) is 3.99. The van der Waals surface area contributed by atoms with E-state index in [1.165, 1.54) is 11.3 Å². The average Bonchev–Trinajstić information content (AvgIpc) is 3.09. The molecule has 0 atom stereocenters. The summed E-state index contributed by atoms with van der Waals surface area (Å²) < 4.78 is 1.89. The number of anilines is 1. The molecule has 0 aliphatic heterocycles. The Morgan fingerprint density at radius 2 is 2.30 bits per heavy atom. The van der Waals surface area contributed by atoms with Crippen molar-refractivity contribution in [2.45, 2.75) is 12.1 Å². The van der Waals surface area contributed by atoms with E-state index >= 15 is 0 Å². The molecule has 1 N–H and O–H groups in total. The van der Waals surface area contributed by atoms with Crippen molar-refractivity contribution < 1.29 is 4.79 Å². The number of hydrogen-bond donors (Lipinski definition) is 1.